The Morgan fingerprint density at radius 1 is 1.38 bits per heavy atom. The second-order valence-corrected chi connectivity index (χ2v) is 5.60. The van der Waals surface area contributed by atoms with Crippen LogP contribution in [0.4, 0.5) is 5.69 Å². The fraction of sp³-hybridized carbons (Fsp3) is 0.562. The fourth-order valence-corrected chi connectivity index (χ4v) is 2.94. The van der Waals surface area contributed by atoms with Crippen molar-refractivity contribution in [1.29, 1.82) is 0 Å². The number of ether oxygens (including phenoxy) is 1. The third kappa shape index (κ3) is 3.60. The Morgan fingerprint density at radius 3 is 2.71 bits per heavy atom. The van der Waals surface area contributed by atoms with Gasteiger partial charge in [-0.1, -0.05) is 13.3 Å². The Labute approximate surface area is 124 Å². The van der Waals surface area contributed by atoms with Crippen LogP contribution in [0.1, 0.15) is 56.3 Å². The van der Waals surface area contributed by atoms with Gasteiger partial charge >= 0.3 is 5.69 Å². The predicted molar refractivity (Wildman–Crippen MR) is 79.8 cm³/mol. The van der Waals surface area contributed by atoms with Gasteiger partial charge in [-0.3, -0.25) is 14.9 Å². The van der Waals surface area contributed by atoms with E-state index in [1.807, 2.05) is 0 Å². The van der Waals surface area contributed by atoms with Crippen LogP contribution in [0.3, 0.4) is 0 Å². The second-order valence-electron chi connectivity index (χ2n) is 5.60. The Hall–Kier alpha value is -1.91. The van der Waals surface area contributed by atoms with Gasteiger partial charge in [-0.15, -0.1) is 0 Å². The maximum atomic E-state index is 11.4. The molecular weight excluding hydrogens is 270 g/mol. The lowest BCUT2D eigenvalue weighted by Gasteiger charge is -2.31. The van der Waals surface area contributed by atoms with Crippen molar-refractivity contribution < 1.29 is 14.5 Å². The summed E-state index contributed by atoms with van der Waals surface area (Å²) in [5, 5.41) is 11.2. The number of benzene rings is 1. The van der Waals surface area contributed by atoms with Gasteiger partial charge in [0.25, 0.3) is 0 Å². The highest BCUT2D eigenvalue weighted by molar-refractivity contribution is 5.95. The summed E-state index contributed by atoms with van der Waals surface area (Å²) in [5.41, 5.74) is 0.216. The molecule has 1 saturated carbocycles. The maximum absolute atomic E-state index is 11.4. The first-order valence-electron chi connectivity index (χ1n) is 7.49. The van der Waals surface area contributed by atoms with Gasteiger partial charge in [-0.05, 0) is 50.7 Å². The van der Waals surface area contributed by atoms with Gasteiger partial charge in [0.1, 0.15) is 6.10 Å². The normalized spacial score (nSPS) is 21.8. The second kappa shape index (κ2) is 6.70. The molecular formula is C16H21NO4. The van der Waals surface area contributed by atoms with E-state index >= 15 is 0 Å². The number of nitro groups is 1. The summed E-state index contributed by atoms with van der Waals surface area (Å²) >= 11 is 0. The number of Topliss-reactive ketones (excluding diaryl/α,β-unsaturated/α-hetero) is 1. The monoisotopic (exact) mass is 291 g/mol. The average Bonchev–Trinajstić information content (AvgIpc) is 2.47. The van der Waals surface area contributed by atoms with E-state index in [-0.39, 0.29) is 23.3 Å². The summed E-state index contributed by atoms with van der Waals surface area (Å²) in [6.45, 7) is 3.52. The molecule has 114 valence electrons. The van der Waals surface area contributed by atoms with Crippen LogP contribution in [0.15, 0.2) is 18.2 Å². The predicted octanol–water partition coefficient (Wildman–Crippen LogP) is 4.15. The molecule has 2 unspecified atom stereocenters. The molecule has 0 spiro atoms. The van der Waals surface area contributed by atoms with Gasteiger partial charge in [0, 0.05) is 11.6 Å². The van der Waals surface area contributed by atoms with Crippen molar-refractivity contribution in [1.82, 2.24) is 0 Å². The molecule has 1 aliphatic carbocycles. The van der Waals surface area contributed by atoms with Crippen LogP contribution in [-0.4, -0.2) is 16.8 Å². The summed E-state index contributed by atoms with van der Waals surface area (Å²) in [4.78, 5) is 22.1. The summed E-state index contributed by atoms with van der Waals surface area (Å²) in [5.74, 6) is 0.537. The number of hydrogen-bond acceptors (Lipinski definition) is 4. The van der Waals surface area contributed by atoms with E-state index in [1.165, 1.54) is 19.4 Å². The summed E-state index contributed by atoms with van der Waals surface area (Å²) in [6, 6.07) is 4.45. The first kappa shape index (κ1) is 15.5. The number of ketones is 1. The number of rotatable bonds is 5. The van der Waals surface area contributed by atoms with Crippen LogP contribution >= 0.6 is 0 Å². The molecule has 0 saturated heterocycles. The highest BCUT2D eigenvalue weighted by atomic mass is 16.6. The largest absolute Gasteiger partial charge is 0.483 e. The van der Waals surface area contributed by atoms with Crippen molar-refractivity contribution in [2.24, 2.45) is 5.92 Å². The quantitative estimate of drug-likeness (QED) is 0.464. The third-order valence-electron chi connectivity index (χ3n) is 4.20. The van der Waals surface area contributed by atoms with E-state index in [4.69, 9.17) is 4.74 Å². The average molecular weight is 291 g/mol. The minimum atomic E-state index is -0.481. The van der Waals surface area contributed by atoms with Crippen molar-refractivity contribution in [2.45, 2.75) is 52.1 Å². The van der Waals surface area contributed by atoms with Crippen LogP contribution in [0.5, 0.6) is 5.75 Å². The molecule has 0 bridgehead atoms. The first-order chi connectivity index (χ1) is 10.0. The molecule has 1 fully saturated rings. The van der Waals surface area contributed by atoms with Crippen LogP contribution in [0, 0.1) is 16.0 Å². The number of nitro benzene ring substituents is 1. The molecule has 1 aromatic rings. The summed E-state index contributed by atoms with van der Waals surface area (Å²) < 4.78 is 5.93. The number of hydrogen-bond donors (Lipinski definition) is 0. The van der Waals surface area contributed by atoms with Crippen molar-refractivity contribution in [3.63, 3.8) is 0 Å². The molecule has 0 aromatic heterocycles. The van der Waals surface area contributed by atoms with E-state index in [9.17, 15) is 14.9 Å². The standard InChI is InChI=1S/C16H21NO4/c1-3-12-6-4-5-7-15(12)21-16-9-8-13(11(2)18)10-14(16)17(19)20/h8-10,12,15H,3-7H2,1-2H3. The smallest absolute Gasteiger partial charge is 0.311 e. The number of carbonyl (C=O) groups is 1. The molecule has 0 heterocycles. The molecule has 5 nitrogen and oxygen atoms in total. The van der Waals surface area contributed by atoms with E-state index in [0.717, 1.165) is 25.7 Å². The lowest BCUT2D eigenvalue weighted by atomic mass is 9.85. The Balaban J connectivity index is 2.26. The molecule has 2 rings (SSSR count). The molecule has 2 atom stereocenters. The number of carbonyl (C=O) groups excluding carboxylic acids is 1. The Morgan fingerprint density at radius 2 is 2.10 bits per heavy atom. The molecule has 1 aliphatic rings. The highest BCUT2D eigenvalue weighted by Crippen LogP contribution is 2.35. The lowest BCUT2D eigenvalue weighted by molar-refractivity contribution is -0.386. The minimum absolute atomic E-state index is 0.0330. The highest BCUT2D eigenvalue weighted by Gasteiger charge is 2.28. The van der Waals surface area contributed by atoms with Gasteiger partial charge in [-0.25, -0.2) is 0 Å². The van der Waals surface area contributed by atoms with Crippen molar-refractivity contribution in [3.05, 3.63) is 33.9 Å². The molecule has 1 aromatic carbocycles. The summed E-state index contributed by atoms with van der Waals surface area (Å²) in [7, 11) is 0. The minimum Gasteiger partial charge on any atom is -0.483 e. The molecule has 0 radical (unpaired) electrons. The molecule has 5 heteroatoms. The SMILES string of the molecule is CCC1CCCCC1Oc1ccc(C(C)=O)cc1[N+](=O)[O-]. The van der Waals surface area contributed by atoms with E-state index in [1.54, 1.807) is 12.1 Å². The van der Waals surface area contributed by atoms with Gasteiger partial charge in [0.05, 0.1) is 4.92 Å². The molecule has 21 heavy (non-hydrogen) atoms. The van der Waals surface area contributed by atoms with Crippen molar-refractivity contribution in [2.75, 3.05) is 0 Å². The van der Waals surface area contributed by atoms with Gasteiger partial charge in [0.15, 0.2) is 11.5 Å². The van der Waals surface area contributed by atoms with Crippen LogP contribution in [0.25, 0.3) is 0 Å². The summed E-state index contributed by atoms with van der Waals surface area (Å²) in [6.07, 6.45) is 5.39. The van der Waals surface area contributed by atoms with Crippen molar-refractivity contribution >= 4 is 11.5 Å². The molecule has 0 aliphatic heterocycles. The van der Waals surface area contributed by atoms with Crippen LogP contribution in [0.2, 0.25) is 0 Å². The van der Waals surface area contributed by atoms with E-state index in [2.05, 4.69) is 6.92 Å². The number of nitrogens with zero attached hydrogens (tertiary/aromatic N) is 1. The van der Waals surface area contributed by atoms with Gasteiger partial charge < -0.3 is 4.74 Å². The van der Waals surface area contributed by atoms with Crippen LogP contribution < -0.4 is 4.74 Å². The van der Waals surface area contributed by atoms with Crippen LogP contribution in [-0.2, 0) is 0 Å². The first-order valence-corrected chi connectivity index (χ1v) is 7.49. The zero-order valence-corrected chi connectivity index (χ0v) is 12.5. The molecule has 0 amide bonds. The Kier molecular flexibility index (Phi) is 4.94. The maximum Gasteiger partial charge on any atom is 0.311 e. The zero-order chi connectivity index (χ0) is 15.4. The van der Waals surface area contributed by atoms with Gasteiger partial charge in [0.2, 0.25) is 0 Å². The third-order valence-corrected chi connectivity index (χ3v) is 4.20. The van der Waals surface area contributed by atoms with Gasteiger partial charge in [-0.2, -0.15) is 0 Å². The molecule has 0 N–H and O–H groups in total. The van der Waals surface area contributed by atoms with Crippen molar-refractivity contribution in [3.8, 4) is 5.75 Å². The topological polar surface area (TPSA) is 69.4 Å². The Bertz CT molecular complexity index is 541. The van der Waals surface area contributed by atoms with E-state index in [0.29, 0.717) is 11.5 Å². The fourth-order valence-electron chi connectivity index (χ4n) is 2.94. The zero-order valence-electron chi connectivity index (χ0n) is 12.5. The lowest BCUT2D eigenvalue weighted by Crippen LogP contribution is -2.30. The van der Waals surface area contributed by atoms with E-state index < -0.39 is 4.92 Å².